The number of carbonyl (C=O) groups is 2. The summed E-state index contributed by atoms with van der Waals surface area (Å²) in [6.45, 7) is 2.38. The molecule has 2 rings (SSSR count). The van der Waals surface area contributed by atoms with Crippen LogP contribution in [-0.2, 0) is 11.2 Å². The number of amides is 2. The first-order valence-corrected chi connectivity index (χ1v) is 7.40. The van der Waals surface area contributed by atoms with Gasteiger partial charge >= 0.3 is 12.0 Å². The maximum atomic E-state index is 12.3. The lowest BCUT2D eigenvalue weighted by atomic mass is 10.1. The molecule has 0 aromatic carbocycles. The predicted octanol–water partition coefficient (Wildman–Crippen LogP) is 2.25. The fraction of sp³-hybridized carbons (Fsp3) is 0.600. The maximum Gasteiger partial charge on any atom is 0.326 e. The fourth-order valence-electron chi connectivity index (χ4n) is 2.68. The SMILES string of the molecule is CC(Cc1ccco1)NC(=O)N1CCCCCC1C(=O)O. The van der Waals surface area contributed by atoms with E-state index in [4.69, 9.17) is 4.42 Å². The molecule has 1 aliphatic heterocycles. The molecule has 6 heteroatoms. The molecule has 2 heterocycles. The van der Waals surface area contributed by atoms with Crippen molar-refractivity contribution in [1.29, 1.82) is 0 Å². The van der Waals surface area contributed by atoms with Gasteiger partial charge < -0.3 is 19.7 Å². The van der Waals surface area contributed by atoms with E-state index in [1.807, 2.05) is 13.0 Å². The van der Waals surface area contributed by atoms with Gasteiger partial charge in [0.25, 0.3) is 0 Å². The highest BCUT2D eigenvalue weighted by Crippen LogP contribution is 2.17. The number of aliphatic carboxylic acids is 1. The van der Waals surface area contributed by atoms with Crippen LogP contribution in [-0.4, -0.2) is 40.6 Å². The zero-order valence-corrected chi connectivity index (χ0v) is 12.2. The molecule has 0 saturated carbocycles. The predicted molar refractivity (Wildman–Crippen MR) is 77.0 cm³/mol. The average Bonchev–Trinajstić information content (AvgIpc) is 2.79. The maximum absolute atomic E-state index is 12.3. The Bertz CT molecular complexity index is 472. The topological polar surface area (TPSA) is 82.8 Å². The molecule has 116 valence electrons. The van der Waals surface area contributed by atoms with E-state index in [9.17, 15) is 14.7 Å². The third-order valence-electron chi connectivity index (χ3n) is 3.76. The molecule has 1 saturated heterocycles. The fourth-order valence-corrected chi connectivity index (χ4v) is 2.68. The second-order valence-electron chi connectivity index (χ2n) is 5.53. The van der Waals surface area contributed by atoms with Gasteiger partial charge in [-0.1, -0.05) is 12.8 Å². The van der Waals surface area contributed by atoms with Crippen molar-refractivity contribution in [3.8, 4) is 0 Å². The summed E-state index contributed by atoms with van der Waals surface area (Å²) in [5.41, 5.74) is 0. The van der Waals surface area contributed by atoms with Crippen LogP contribution in [0.25, 0.3) is 0 Å². The van der Waals surface area contributed by atoms with E-state index >= 15 is 0 Å². The van der Waals surface area contributed by atoms with Crippen LogP contribution >= 0.6 is 0 Å². The van der Waals surface area contributed by atoms with Gasteiger partial charge in [0.05, 0.1) is 6.26 Å². The molecule has 2 amide bonds. The van der Waals surface area contributed by atoms with E-state index in [1.165, 1.54) is 4.90 Å². The van der Waals surface area contributed by atoms with Gasteiger partial charge in [0.15, 0.2) is 0 Å². The number of nitrogens with one attached hydrogen (secondary N) is 1. The second-order valence-corrected chi connectivity index (χ2v) is 5.53. The lowest BCUT2D eigenvalue weighted by Gasteiger charge is -2.28. The van der Waals surface area contributed by atoms with Crippen molar-refractivity contribution in [1.82, 2.24) is 10.2 Å². The Balaban J connectivity index is 1.94. The highest BCUT2D eigenvalue weighted by Gasteiger charge is 2.31. The van der Waals surface area contributed by atoms with Crippen molar-refractivity contribution >= 4 is 12.0 Å². The quantitative estimate of drug-likeness (QED) is 0.892. The molecule has 1 aromatic heterocycles. The largest absolute Gasteiger partial charge is 0.480 e. The molecule has 21 heavy (non-hydrogen) atoms. The molecule has 1 aliphatic rings. The van der Waals surface area contributed by atoms with E-state index < -0.39 is 12.0 Å². The lowest BCUT2D eigenvalue weighted by molar-refractivity contribution is -0.142. The average molecular weight is 294 g/mol. The molecule has 0 radical (unpaired) electrons. The van der Waals surface area contributed by atoms with Crippen LogP contribution in [0.3, 0.4) is 0 Å². The summed E-state index contributed by atoms with van der Waals surface area (Å²) in [6.07, 6.45) is 5.38. The Hall–Kier alpha value is -1.98. The van der Waals surface area contributed by atoms with Crippen molar-refractivity contribution < 1.29 is 19.1 Å². The standard InChI is InChI=1S/C15H22N2O4/c1-11(10-12-6-5-9-21-12)16-15(20)17-8-4-2-3-7-13(17)14(18)19/h5-6,9,11,13H,2-4,7-8,10H2,1H3,(H,16,20)(H,18,19). The normalized spacial score (nSPS) is 20.6. The van der Waals surface area contributed by atoms with Gasteiger partial charge in [0.2, 0.25) is 0 Å². The molecule has 6 nitrogen and oxygen atoms in total. The van der Waals surface area contributed by atoms with E-state index in [0.717, 1.165) is 25.0 Å². The Labute approximate surface area is 124 Å². The Morgan fingerprint density at radius 3 is 2.95 bits per heavy atom. The van der Waals surface area contributed by atoms with Gasteiger partial charge in [-0.3, -0.25) is 0 Å². The first-order valence-electron chi connectivity index (χ1n) is 7.40. The third-order valence-corrected chi connectivity index (χ3v) is 3.76. The summed E-state index contributed by atoms with van der Waals surface area (Å²) in [6, 6.07) is 2.53. The number of carboxylic acids is 1. The van der Waals surface area contributed by atoms with Gasteiger partial charge in [0.1, 0.15) is 11.8 Å². The third kappa shape index (κ3) is 4.24. The van der Waals surface area contributed by atoms with Crippen LogP contribution < -0.4 is 5.32 Å². The molecule has 1 fully saturated rings. The van der Waals surface area contributed by atoms with Crippen molar-refractivity contribution in [2.24, 2.45) is 0 Å². The first-order chi connectivity index (χ1) is 10.1. The number of rotatable bonds is 4. The van der Waals surface area contributed by atoms with Crippen LogP contribution in [0.4, 0.5) is 4.79 Å². The number of nitrogens with zero attached hydrogens (tertiary/aromatic N) is 1. The molecule has 1 aromatic rings. The van der Waals surface area contributed by atoms with Gasteiger partial charge in [-0.05, 0) is 31.9 Å². The van der Waals surface area contributed by atoms with Crippen LogP contribution in [0.15, 0.2) is 22.8 Å². The smallest absolute Gasteiger partial charge is 0.326 e. The summed E-state index contributed by atoms with van der Waals surface area (Å²) in [5, 5.41) is 12.2. The van der Waals surface area contributed by atoms with Crippen LogP contribution in [0.2, 0.25) is 0 Å². The second kappa shape index (κ2) is 7.15. The zero-order chi connectivity index (χ0) is 15.2. The lowest BCUT2D eigenvalue weighted by Crippen LogP contribution is -2.51. The summed E-state index contributed by atoms with van der Waals surface area (Å²) in [7, 11) is 0. The molecular formula is C15H22N2O4. The number of hydrogen-bond acceptors (Lipinski definition) is 3. The van der Waals surface area contributed by atoms with Crippen LogP contribution in [0.5, 0.6) is 0 Å². The Morgan fingerprint density at radius 1 is 1.48 bits per heavy atom. The van der Waals surface area contributed by atoms with Crippen molar-refractivity contribution in [3.05, 3.63) is 24.2 Å². The van der Waals surface area contributed by atoms with Gasteiger partial charge in [-0.25, -0.2) is 9.59 Å². The first kappa shape index (κ1) is 15.4. The molecule has 0 bridgehead atoms. The zero-order valence-electron chi connectivity index (χ0n) is 12.2. The van der Waals surface area contributed by atoms with Crippen molar-refractivity contribution in [3.63, 3.8) is 0 Å². The van der Waals surface area contributed by atoms with Crippen LogP contribution in [0, 0.1) is 0 Å². The summed E-state index contributed by atoms with van der Waals surface area (Å²) in [4.78, 5) is 25.1. The number of carboxylic acid groups (broad SMARTS) is 1. The van der Waals surface area contributed by atoms with Crippen molar-refractivity contribution in [2.45, 2.75) is 51.1 Å². The van der Waals surface area contributed by atoms with Crippen molar-refractivity contribution in [2.75, 3.05) is 6.54 Å². The number of carbonyl (C=O) groups excluding carboxylic acids is 1. The molecule has 2 atom stereocenters. The summed E-state index contributed by atoms with van der Waals surface area (Å²) in [5.74, 6) is -0.126. The minimum atomic E-state index is -0.925. The molecule has 2 N–H and O–H groups in total. The molecule has 2 unspecified atom stereocenters. The molecule has 0 aliphatic carbocycles. The highest BCUT2D eigenvalue weighted by molar-refractivity contribution is 5.82. The minimum absolute atomic E-state index is 0.110. The van der Waals surface area contributed by atoms with Crippen LogP contribution in [0.1, 0.15) is 38.4 Å². The Kier molecular flexibility index (Phi) is 5.25. The van der Waals surface area contributed by atoms with E-state index in [0.29, 0.717) is 19.4 Å². The summed E-state index contributed by atoms with van der Waals surface area (Å²) >= 11 is 0. The van der Waals surface area contributed by atoms with E-state index in [-0.39, 0.29) is 12.1 Å². The van der Waals surface area contributed by atoms with Gasteiger partial charge in [0, 0.05) is 19.0 Å². The number of furan rings is 1. The van der Waals surface area contributed by atoms with Gasteiger partial charge in [-0.2, -0.15) is 0 Å². The number of urea groups is 1. The minimum Gasteiger partial charge on any atom is -0.480 e. The molecule has 0 spiro atoms. The Morgan fingerprint density at radius 2 is 2.29 bits per heavy atom. The number of hydrogen-bond donors (Lipinski definition) is 2. The van der Waals surface area contributed by atoms with Gasteiger partial charge in [-0.15, -0.1) is 0 Å². The number of likely N-dealkylation sites (tertiary alicyclic amines) is 1. The van der Waals surface area contributed by atoms with E-state index in [2.05, 4.69) is 5.32 Å². The monoisotopic (exact) mass is 294 g/mol. The van der Waals surface area contributed by atoms with E-state index in [1.54, 1.807) is 12.3 Å². The highest BCUT2D eigenvalue weighted by atomic mass is 16.4. The molecular weight excluding hydrogens is 272 g/mol. The summed E-state index contributed by atoms with van der Waals surface area (Å²) < 4.78 is 5.25.